The summed E-state index contributed by atoms with van der Waals surface area (Å²) in [5, 5.41) is 2.89. The van der Waals surface area contributed by atoms with E-state index in [2.05, 4.69) is 10.3 Å². The molecule has 1 heterocycles. The lowest BCUT2D eigenvalue weighted by Crippen LogP contribution is -2.27. The van der Waals surface area contributed by atoms with Gasteiger partial charge in [-0.2, -0.15) is 0 Å². The van der Waals surface area contributed by atoms with Crippen LogP contribution in [0.2, 0.25) is 0 Å². The average molecular weight is 380 g/mol. The van der Waals surface area contributed by atoms with Gasteiger partial charge in [-0.1, -0.05) is 18.2 Å². The molecule has 6 heteroatoms. The van der Waals surface area contributed by atoms with Gasteiger partial charge in [0.1, 0.15) is 17.3 Å². The Morgan fingerprint density at radius 2 is 1.82 bits per heavy atom. The first-order chi connectivity index (χ1) is 13.7. The van der Waals surface area contributed by atoms with Gasteiger partial charge in [0.05, 0.1) is 25.8 Å². The van der Waals surface area contributed by atoms with Crippen LogP contribution in [0, 0.1) is 6.92 Å². The van der Waals surface area contributed by atoms with E-state index in [4.69, 9.17) is 13.9 Å². The van der Waals surface area contributed by atoms with Gasteiger partial charge in [-0.25, -0.2) is 4.98 Å². The quantitative estimate of drug-likeness (QED) is 0.611. The second-order valence-corrected chi connectivity index (χ2v) is 6.26. The third-order valence-electron chi connectivity index (χ3n) is 4.25. The van der Waals surface area contributed by atoms with Crippen LogP contribution < -0.4 is 14.8 Å². The van der Waals surface area contributed by atoms with E-state index < -0.39 is 0 Å². The lowest BCUT2D eigenvalue weighted by molar-refractivity contribution is -0.121. The number of ether oxygens (including phenoxy) is 2. The Labute approximate surface area is 164 Å². The van der Waals surface area contributed by atoms with Crippen molar-refractivity contribution < 1.29 is 18.7 Å². The molecule has 3 rings (SSSR count). The number of oxazole rings is 1. The highest BCUT2D eigenvalue weighted by Crippen LogP contribution is 2.24. The van der Waals surface area contributed by atoms with Crippen molar-refractivity contribution in [3.8, 4) is 23.0 Å². The number of aromatic nitrogens is 1. The maximum Gasteiger partial charge on any atom is 0.226 e. The summed E-state index contributed by atoms with van der Waals surface area (Å²) in [6.07, 6.45) is 0.917. The fourth-order valence-corrected chi connectivity index (χ4v) is 2.70. The number of hydrogen-bond acceptors (Lipinski definition) is 5. The Balaban J connectivity index is 1.44. The first-order valence-corrected chi connectivity index (χ1v) is 9.21. The van der Waals surface area contributed by atoms with E-state index in [9.17, 15) is 4.79 Å². The minimum absolute atomic E-state index is 0.0487. The highest BCUT2D eigenvalue weighted by atomic mass is 16.5. The molecule has 0 radical (unpaired) electrons. The number of rotatable bonds is 9. The van der Waals surface area contributed by atoms with Gasteiger partial charge in [-0.15, -0.1) is 0 Å². The first kappa shape index (κ1) is 19.5. The van der Waals surface area contributed by atoms with Crippen LogP contribution in [0.15, 0.2) is 59.0 Å². The third kappa shape index (κ3) is 5.36. The number of nitrogens with one attached hydrogen (secondary N) is 1. The van der Waals surface area contributed by atoms with Gasteiger partial charge in [0.2, 0.25) is 11.8 Å². The summed E-state index contributed by atoms with van der Waals surface area (Å²) >= 11 is 0. The minimum atomic E-state index is -0.0487. The minimum Gasteiger partial charge on any atom is -0.497 e. The molecule has 146 valence electrons. The molecule has 0 fully saturated rings. The molecule has 1 N–H and O–H groups in total. The zero-order valence-corrected chi connectivity index (χ0v) is 16.1. The summed E-state index contributed by atoms with van der Waals surface area (Å²) in [4.78, 5) is 16.5. The van der Waals surface area contributed by atoms with E-state index in [0.29, 0.717) is 31.9 Å². The molecule has 0 aliphatic carbocycles. The van der Waals surface area contributed by atoms with E-state index in [0.717, 1.165) is 28.5 Å². The Kier molecular flexibility index (Phi) is 6.68. The third-order valence-corrected chi connectivity index (χ3v) is 4.25. The number of nitrogens with zero attached hydrogens (tertiary/aromatic N) is 1. The molecular weight excluding hydrogens is 356 g/mol. The largest absolute Gasteiger partial charge is 0.497 e. The monoisotopic (exact) mass is 380 g/mol. The van der Waals surface area contributed by atoms with E-state index in [1.54, 1.807) is 7.11 Å². The van der Waals surface area contributed by atoms with Gasteiger partial charge in [0.15, 0.2) is 0 Å². The highest BCUT2D eigenvalue weighted by Gasteiger charge is 2.12. The molecule has 1 aromatic heterocycles. The molecule has 3 aromatic rings. The number of para-hydroxylation sites is 1. The van der Waals surface area contributed by atoms with Gasteiger partial charge in [-0.05, 0) is 43.3 Å². The Morgan fingerprint density at radius 3 is 2.54 bits per heavy atom. The van der Waals surface area contributed by atoms with Crippen LogP contribution in [0.1, 0.15) is 17.9 Å². The molecule has 6 nitrogen and oxygen atoms in total. The average Bonchev–Trinajstić information content (AvgIpc) is 3.09. The number of methoxy groups -OCH3 is 1. The lowest BCUT2D eigenvalue weighted by Gasteiger charge is -2.06. The summed E-state index contributed by atoms with van der Waals surface area (Å²) in [5.74, 6) is 2.82. The van der Waals surface area contributed by atoms with Gasteiger partial charge in [-0.3, -0.25) is 4.79 Å². The molecule has 0 saturated carbocycles. The molecule has 0 unspecified atom stereocenters. The summed E-state index contributed by atoms with van der Waals surface area (Å²) in [5.41, 5.74) is 1.73. The topological polar surface area (TPSA) is 73.6 Å². The molecule has 0 aliphatic heterocycles. The zero-order valence-electron chi connectivity index (χ0n) is 16.1. The molecule has 0 atom stereocenters. The van der Waals surface area contributed by atoms with E-state index in [1.807, 2.05) is 61.5 Å². The Bertz CT molecular complexity index is 889. The van der Waals surface area contributed by atoms with Crippen LogP contribution in [0.25, 0.3) is 11.5 Å². The fraction of sp³-hybridized carbons (Fsp3) is 0.273. The molecule has 2 aromatic carbocycles. The Hall–Kier alpha value is -3.28. The van der Waals surface area contributed by atoms with E-state index in [-0.39, 0.29) is 5.91 Å². The van der Waals surface area contributed by atoms with Crippen molar-refractivity contribution in [2.24, 2.45) is 0 Å². The van der Waals surface area contributed by atoms with E-state index >= 15 is 0 Å². The van der Waals surface area contributed by atoms with Crippen molar-refractivity contribution in [3.63, 3.8) is 0 Å². The predicted octanol–water partition coefficient (Wildman–Crippen LogP) is 3.79. The summed E-state index contributed by atoms with van der Waals surface area (Å²) in [6.45, 7) is 2.73. The SMILES string of the molecule is COc1ccc(-c2nc(CCNC(=O)CCOc3ccccc3)c(C)o2)cc1. The zero-order chi connectivity index (χ0) is 19.8. The number of hydrogen-bond donors (Lipinski definition) is 1. The van der Waals surface area contributed by atoms with Gasteiger partial charge >= 0.3 is 0 Å². The molecule has 0 spiro atoms. The second-order valence-electron chi connectivity index (χ2n) is 6.26. The molecular formula is C22H24N2O4. The highest BCUT2D eigenvalue weighted by molar-refractivity contribution is 5.76. The van der Waals surface area contributed by atoms with Crippen LogP contribution in [-0.4, -0.2) is 31.2 Å². The Morgan fingerprint density at radius 1 is 1.07 bits per heavy atom. The molecule has 28 heavy (non-hydrogen) atoms. The molecule has 0 bridgehead atoms. The summed E-state index contributed by atoms with van der Waals surface area (Å²) < 4.78 is 16.5. The number of carbonyl (C=O) groups excluding carboxylic acids is 1. The molecule has 1 amide bonds. The fourth-order valence-electron chi connectivity index (χ4n) is 2.70. The van der Waals surface area contributed by atoms with Crippen molar-refractivity contribution in [2.45, 2.75) is 19.8 Å². The second kappa shape index (κ2) is 9.60. The summed E-state index contributed by atoms with van der Waals surface area (Å²) in [7, 11) is 1.63. The van der Waals surface area contributed by atoms with Crippen molar-refractivity contribution in [2.75, 3.05) is 20.3 Å². The standard InChI is InChI=1S/C22H24N2O4/c1-16-20(24-22(28-16)17-8-10-18(26-2)11-9-17)12-14-23-21(25)13-15-27-19-6-4-3-5-7-19/h3-11H,12-15H2,1-2H3,(H,23,25). The summed E-state index contributed by atoms with van der Waals surface area (Å²) in [6, 6.07) is 17.0. The number of amides is 1. The lowest BCUT2D eigenvalue weighted by atomic mass is 10.2. The first-order valence-electron chi connectivity index (χ1n) is 9.21. The van der Waals surface area contributed by atoms with Crippen molar-refractivity contribution in [1.82, 2.24) is 10.3 Å². The van der Waals surface area contributed by atoms with Gasteiger partial charge in [0, 0.05) is 18.5 Å². The normalized spacial score (nSPS) is 10.5. The van der Waals surface area contributed by atoms with Crippen LogP contribution >= 0.6 is 0 Å². The molecule has 0 aliphatic rings. The maximum absolute atomic E-state index is 11.9. The van der Waals surface area contributed by atoms with Crippen molar-refractivity contribution in [3.05, 3.63) is 66.1 Å². The molecule has 0 saturated heterocycles. The van der Waals surface area contributed by atoms with Crippen LogP contribution in [0.3, 0.4) is 0 Å². The van der Waals surface area contributed by atoms with Crippen molar-refractivity contribution >= 4 is 5.91 Å². The number of benzene rings is 2. The number of aryl methyl sites for hydroxylation is 1. The van der Waals surface area contributed by atoms with Crippen LogP contribution in [0.4, 0.5) is 0 Å². The number of carbonyl (C=O) groups is 1. The predicted molar refractivity (Wildman–Crippen MR) is 106 cm³/mol. The van der Waals surface area contributed by atoms with Crippen LogP contribution in [-0.2, 0) is 11.2 Å². The van der Waals surface area contributed by atoms with Gasteiger partial charge in [0.25, 0.3) is 0 Å². The maximum atomic E-state index is 11.9. The van der Waals surface area contributed by atoms with Crippen molar-refractivity contribution in [1.29, 1.82) is 0 Å². The smallest absolute Gasteiger partial charge is 0.226 e. The van der Waals surface area contributed by atoms with Gasteiger partial charge < -0.3 is 19.2 Å². The van der Waals surface area contributed by atoms with Crippen LogP contribution in [0.5, 0.6) is 11.5 Å². The van der Waals surface area contributed by atoms with E-state index in [1.165, 1.54) is 0 Å².